The van der Waals surface area contributed by atoms with Crippen molar-refractivity contribution in [2.24, 2.45) is 0 Å². The van der Waals surface area contributed by atoms with Crippen molar-refractivity contribution in [2.45, 2.75) is 50.4 Å². The summed E-state index contributed by atoms with van der Waals surface area (Å²) in [7, 11) is -1.08. The minimum atomic E-state index is -1.40. The van der Waals surface area contributed by atoms with Gasteiger partial charge < -0.3 is 14.9 Å². The van der Waals surface area contributed by atoms with Gasteiger partial charge >= 0.3 is 0 Å². The second-order valence-corrected chi connectivity index (χ2v) is 8.66. The van der Waals surface area contributed by atoms with E-state index in [2.05, 4.69) is 0 Å². The molecule has 1 aromatic carbocycles. The fourth-order valence-corrected chi connectivity index (χ4v) is 6.32. The number of ether oxygens (including phenoxy) is 1. The molecule has 6 heteroatoms. The van der Waals surface area contributed by atoms with Crippen LogP contribution in [0, 0.1) is 0 Å². The van der Waals surface area contributed by atoms with Crippen LogP contribution in [-0.4, -0.2) is 52.4 Å². The molecule has 4 atom stereocenters. The van der Waals surface area contributed by atoms with Crippen molar-refractivity contribution < 1.29 is 19.7 Å². The van der Waals surface area contributed by atoms with E-state index >= 15 is 0 Å². The lowest BCUT2D eigenvalue weighted by Crippen LogP contribution is -2.51. The largest absolute Gasteiger partial charge is 0.393 e. The van der Waals surface area contributed by atoms with Crippen molar-refractivity contribution in [3.05, 3.63) is 35.9 Å². The van der Waals surface area contributed by atoms with Gasteiger partial charge in [0.05, 0.1) is 12.7 Å². The van der Waals surface area contributed by atoms with E-state index in [-0.39, 0.29) is 12.1 Å². The van der Waals surface area contributed by atoms with E-state index < -0.39 is 19.8 Å². The SMILES string of the molecule is CC.CSCC(P(C=O)Cc1ccccc1)C1(O)CC(O)CCO1. The summed E-state index contributed by atoms with van der Waals surface area (Å²) in [6, 6.07) is 10.8. The molecule has 1 fully saturated rings. The molecule has 1 aromatic rings. The molecule has 2 rings (SSSR count). The second-order valence-electron chi connectivity index (χ2n) is 5.57. The van der Waals surface area contributed by atoms with Gasteiger partial charge in [-0.3, -0.25) is 4.79 Å². The standard InChI is InChI=1S/C16H23O4PS.C2H6/c1-22-11-15(16(19)9-14(18)7-8-20-16)21(12-17)10-13-5-3-2-4-6-13;1-2/h2-6,12,14-15,18-19H,7-11H2,1H3;1-2H3. The van der Waals surface area contributed by atoms with Crippen molar-refractivity contribution in [3.8, 4) is 0 Å². The van der Waals surface area contributed by atoms with Gasteiger partial charge in [-0.05, 0) is 32.3 Å². The number of carbonyl (C=O) groups excluding carboxylic acids is 1. The number of hydrogen-bond acceptors (Lipinski definition) is 5. The average molecular weight is 372 g/mol. The van der Waals surface area contributed by atoms with E-state index in [9.17, 15) is 15.0 Å². The number of carbonyl (C=O) groups is 1. The van der Waals surface area contributed by atoms with Crippen LogP contribution >= 0.6 is 19.7 Å². The number of aliphatic hydroxyl groups excluding tert-OH is 1. The van der Waals surface area contributed by atoms with Gasteiger partial charge in [0.15, 0.2) is 5.79 Å². The molecule has 0 aromatic heterocycles. The minimum Gasteiger partial charge on any atom is -0.393 e. The van der Waals surface area contributed by atoms with E-state index in [1.807, 2.05) is 50.4 Å². The third kappa shape index (κ3) is 6.12. The number of rotatable bonds is 7. The summed E-state index contributed by atoms with van der Waals surface area (Å²) in [6.07, 6.45) is 2.73. The molecule has 0 amide bonds. The highest BCUT2D eigenvalue weighted by Gasteiger charge is 2.45. The smallest absolute Gasteiger partial charge is 0.175 e. The van der Waals surface area contributed by atoms with Gasteiger partial charge in [-0.2, -0.15) is 11.8 Å². The zero-order valence-electron chi connectivity index (χ0n) is 14.7. The lowest BCUT2D eigenvalue weighted by Gasteiger charge is -2.42. The molecule has 0 radical (unpaired) electrons. The molecule has 0 aliphatic carbocycles. The van der Waals surface area contributed by atoms with Gasteiger partial charge in [-0.15, -0.1) is 0 Å². The Bertz CT molecular complexity index is 473. The first kappa shape index (κ1) is 21.6. The average Bonchev–Trinajstić information content (AvgIpc) is 2.60. The maximum absolute atomic E-state index is 11.7. The van der Waals surface area contributed by atoms with Crippen LogP contribution in [0.1, 0.15) is 32.3 Å². The Balaban J connectivity index is 0.00000139. The molecule has 4 unspecified atom stereocenters. The first-order valence-corrected chi connectivity index (χ1v) is 11.4. The summed E-state index contributed by atoms with van der Waals surface area (Å²) in [4.78, 5) is 11.7. The lowest BCUT2D eigenvalue weighted by molar-refractivity contribution is -0.241. The lowest BCUT2D eigenvalue weighted by atomic mass is 10.0. The van der Waals surface area contributed by atoms with Crippen molar-refractivity contribution in [1.82, 2.24) is 0 Å². The third-order valence-corrected chi connectivity index (χ3v) is 7.22. The highest BCUT2D eigenvalue weighted by Crippen LogP contribution is 2.50. The highest BCUT2D eigenvalue weighted by atomic mass is 32.2. The van der Waals surface area contributed by atoms with Gasteiger partial charge in [-0.1, -0.05) is 44.2 Å². The molecule has 0 spiro atoms. The summed E-state index contributed by atoms with van der Waals surface area (Å²) >= 11 is 1.59. The van der Waals surface area contributed by atoms with Crippen LogP contribution in [0.15, 0.2) is 30.3 Å². The Morgan fingerprint density at radius 1 is 1.42 bits per heavy atom. The summed E-state index contributed by atoms with van der Waals surface area (Å²) in [5.41, 5.74) is 0.817. The predicted molar refractivity (Wildman–Crippen MR) is 103 cm³/mol. The minimum absolute atomic E-state index is 0.180. The maximum atomic E-state index is 11.7. The monoisotopic (exact) mass is 372 g/mol. The molecule has 2 N–H and O–H groups in total. The van der Waals surface area contributed by atoms with Gasteiger partial charge in [-0.25, -0.2) is 0 Å². The van der Waals surface area contributed by atoms with Crippen LogP contribution in [-0.2, 0) is 15.7 Å². The molecule has 1 aliphatic heterocycles. The molecule has 4 nitrogen and oxygen atoms in total. The van der Waals surface area contributed by atoms with E-state index in [1.54, 1.807) is 11.8 Å². The molecule has 0 saturated carbocycles. The van der Waals surface area contributed by atoms with Crippen molar-refractivity contribution in [1.29, 1.82) is 0 Å². The van der Waals surface area contributed by atoms with Gasteiger partial charge in [0.1, 0.15) is 6.03 Å². The number of thioether (sulfide) groups is 1. The Kier molecular flexibility index (Phi) is 10.1. The van der Waals surface area contributed by atoms with Gasteiger partial charge in [0.25, 0.3) is 0 Å². The van der Waals surface area contributed by atoms with Crippen molar-refractivity contribution >= 4 is 25.7 Å². The summed E-state index contributed by atoms with van der Waals surface area (Å²) in [6.45, 7) is 4.33. The van der Waals surface area contributed by atoms with E-state index in [0.717, 1.165) is 11.6 Å². The Hall–Kier alpha value is -0.450. The Labute approximate surface area is 150 Å². The van der Waals surface area contributed by atoms with Gasteiger partial charge in [0.2, 0.25) is 0 Å². The zero-order valence-corrected chi connectivity index (χ0v) is 16.4. The Morgan fingerprint density at radius 3 is 2.62 bits per heavy atom. The van der Waals surface area contributed by atoms with Crippen LogP contribution in [0.4, 0.5) is 0 Å². The summed E-state index contributed by atoms with van der Waals surface area (Å²) in [5.74, 6) is -0.761. The molecule has 0 bridgehead atoms. The number of benzene rings is 1. The number of hydrogen-bond donors (Lipinski definition) is 2. The van der Waals surface area contributed by atoms with Crippen LogP contribution in [0.5, 0.6) is 0 Å². The zero-order chi connectivity index (χ0) is 18.0. The molecule has 1 saturated heterocycles. The molecular weight excluding hydrogens is 343 g/mol. The van der Waals surface area contributed by atoms with Crippen molar-refractivity contribution in [3.63, 3.8) is 0 Å². The van der Waals surface area contributed by atoms with E-state index in [0.29, 0.717) is 24.9 Å². The topological polar surface area (TPSA) is 66.8 Å². The van der Waals surface area contributed by atoms with E-state index in [4.69, 9.17) is 4.74 Å². The van der Waals surface area contributed by atoms with Crippen molar-refractivity contribution in [2.75, 3.05) is 18.6 Å². The maximum Gasteiger partial charge on any atom is 0.175 e. The third-order valence-electron chi connectivity index (χ3n) is 3.92. The fourth-order valence-electron chi connectivity index (χ4n) is 2.76. The quantitative estimate of drug-likeness (QED) is 0.567. The second kappa shape index (κ2) is 11.2. The van der Waals surface area contributed by atoms with Gasteiger partial charge in [0, 0.05) is 17.8 Å². The van der Waals surface area contributed by atoms with Crippen LogP contribution in [0.25, 0.3) is 0 Å². The van der Waals surface area contributed by atoms with E-state index in [1.165, 1.54) is 0 Å². The summed E-state index contributed by atoms with van der Waals surface area (Å²) < 4.78 is 5.61. The Morgan fingerprint density at radius 2 is 2.08 bits per heavy atom. The predicted octanol–water partition coefficient (Wildman–Crippen LogP) is 3.48. The fraction of sp³-hybridized carbons (Fsp3) is 0.611. The molecule has 136 valence electrons. The van der Waals surface area contributed by atoms with Crippen LogP contribution in [0.2, 0.25) is 0 Å². The summed E-state index contributed by atoms with van der Waals surface area (Å²) in [5, 5.41) is 20.8. The first-order chi connectivity index (χ1) is 11.6. The van der Waals surface area contributed by atoms with Crippen LogP contribution < -0.4 is 0 Å². The normalized spacial score (nSPS) is 26.0. The first-order valence-electron chi connectivity index (χ1n) is 8.37. The molecule has 1 heterocycles. The van der Waals surface area contributed by atoms with Crippen LogP contribution in [0.3, 0.4) is 0 Å². The molecular formula is C18H29O4PS. The number of aliphatic hydroxyl groups is 2. The molecule has 1 aliphatic rings. The molecule has 24 heavy (non-hydrogen) atoms. The highest BCUT2D eigenvalue weighted by molar-refractivity contribution is 7.99.